The minimum atomic E-state index is -4.46. The lowest BCUT2D eigenvalue weighted by atomic mass is 9.96. The molecule has 1 aromatic carbocycles. The van der Waals surface area contributed by atoms with E-state index in [-0.39, 0.29) is 11.8 Å². The average molecular weight is 454 g/mol. The number of hydrogen-bond donors (Lipinski definition) is 0. The third-order valence-corrected chi connectivity index (χ3v) is 6.15. The summed E-state index contributed by atoms with van der Waals surface area (Å²) in [6, 6.07) is 7.57. The molecule has 0 spiro atoms. The number of nitrogens with zero attached hydrogens (tertiary/aromatic N) is 6. The monoisotopic (exact) mass is 454 g/mol. The van der Waals surface area contributed by atoms with Gasteiger partial charge in [-0.2, -0.15) is 13.2 Å². The number of aromatic nitrogens is 5. The predicted octanol–water partition coefficient (Wildman–Crippen LogP) is 4.33. The number of halogens is 3. The maximum atomic E-state index is 13.2. The molecule has 0 saturated carbocycles. The molecule has 1 saturated heterocycles. The van der Waals surface area contributed by atoms with Crippen molar-refractivity contribution in [2.24, 2.45) is 0 Å². The average Bonchev–Trinajstić information content (AvgIpc) is 3.22. The van der Waals surface area contributed by atoms with Crippen LogP contribution in [0, 0.1) is 13.8 Å². The minimum absolute atomic E-state index is 0.147. The van der Waals surface area contributed by atoms with E-state index in [2.05, 4.69) is 20.2 Å². The van der Waals surface area contributed by atoms with Gasteiger partial charge in [0.15, 0.2) is 5.65 Å². The van der Waals surface area contributed by atoms with Crippen molar-refractivity contribution in [2.75, 3.05) is 13.1 Å². The van der Waals surface area contributed by atoms with E-state index >= 15 is 0 Å². The molecule has 4 aromatic rings. The molecule has 4 heterocycles. The van der Waals surface area contributed by atoms with Gasteiger partial charge in [0.2, 0.25) is 0 Å². The van der Waals surface area contributed by atoms with Gasteiger partial charge < -0.3 is 4.90 Å². The summed E-state index contributed by atoms with van der Waals surface area (Å²) in [5.41, 5.74) is 3.12. The van der Waals surface area contributed by atoms with E-state index in [1.165, 1.54) is 10.5 Å². The smallest absolute Gasteiger partial charge is 0.338 e. The van der Waals surface area contributed by atoms with Crippen molar-refractivity contribution in [1.82, 2.24) is 29.5 Å². The van der Waals surface area contributed by atoms with Gasteiger partial charge in [0.05, 0.1) is 28.0 Å². The predicted molar refractivity (Wildman–Crippen MR) is 115 cm³/mol. The maximum absolute atomic E-state index is 13.2. The van der Waals surface area contributed by atoms with Gasteiger partial charge in [-0.3, -0.25) is 9.20 Å². The molecule has 1 amide bonds. The highest BCUT2D eigenvalue weighted by Gasteiger charge is 2.33. The lowest BCUT2D eigenvalue weighted by Gasteiger charge is -2.32. The second kappa shape index (κ2) is 7.79. The molecule has 0 bridgehead atoms. The lowest BCUT2D eigenvalue weighted by Crippen LogP contribution is -2.39. The normalized spacial score (nSPS) is 17.1. The molecular formula is C23H21F3N6O. The molecule has 1 aliphatic heterocycles. The highest BCUT2D eigenvalue weighted by molar-refractivity contribution is 5.97. The summed E-state index contributed by atoms with van der Waals surface area (Å²) in [6.45, 7) is 4.68. The molecule has 0 radical (unpaired) electrons. The number of piperidine rings is 1. The van der Waals surface area contributed by atoms with Crippen molar-refractivity contribution in [3.8, 4) is 0 Å². The fourth-order valence-corrected chi connectivity index (χ4v) is 4.27. The van der Waals surface area contributed by atoms with E-state index in [0.29, 0.717) is 42.1 Å². The summed E-state index contributed by atoms with van der Waals surface area (Å²) in [6.07, 6.45) is -2.00. The quantitative estimate of drug-likeness (QED) is 0.451. The maximum Gasteiger partial charge on any atom is 0.417 e. The molecular weight excluding hydrogens is 433 g/mol. The van der Waals surface area contributed by atoms with Gasteiger partial charge in [0.25, 0.3) is 5.91 Å². The Morgan fingerprint density at radius 1 is 1.03 bits per heavy atom. The third kappa shape index (κ3) is 3.90. The lowest BCUT2D eigenvalue weighted by molar-refractivity contribution is -0.137. The van der Waals surface area contributed by atoms with Gasteiger partial charge >= 0.3 is 6.18 Å². The second-order valence-corrected chi connectivity index (χ2v) is 8.39. The van der Waals surface area contributed by atoms with Crippen LogP contribution in [0.2, 0.25) is 0 Å². The molecule has 1 unspecified atom stereocenters. The number of alkyl halides is 3. The zero-order valence-corrected chi connectivity index (χ0v) is 18.1. The third-order valence-electron chi connectivity index (χ3n) is 6.15. The number of carbonyl (C=O) groups excluding carboxylic acids is 1. The Bertz CT molecular complexity index is 1380. The van der Waals surface area contributed by atoms with E-state index in [1.54, 1.807) is 23.1 Å². The fraction of sp³-hybridized carbons (Fsp3) is 0.348. The van der Waals surface area contributed by atoms with Crippen LogP contribution in [0.3, 0.4) is 0 Å². The fourth-order valence-electron chi connectivity index (χ4n) is 4.27. The van der Waals surface area contributed by atoms with E-state index in [0.717, 1.165) is 35.6 Å². The number of hydrogen-bond acceptors (Lipinski definition) is 5. The molecule has 10 heteroatoms. The van der Waals surface area contributed by atoms with Crippen LogP contribution in [0.1, 0.15) is 51.9 Å². The highest BCUT2D eigenvalue weighted by atomic mass is 19.4. The number of amides is 1. The first-order valence-electron chi connectivity index (χ1n) is 10.7. The number of aryl methyl sites for hydroxylation is 2. The van der Waals surface area contributed by atoms with E-state index in [1.807, 2.05) is 13.8 Å². The van der Waals surface area contributed by atoms with Crippen LogP contribution in [-0.4, -0.2) is 48.5 Å². The van der Waals surface area contributed by atoms with Crippen LogP contribution in [0.15, 0.2) is 36.5 Å². The Morgan fingerprint density at radius 3 is 2.55 bits per heavy atom. The summed E-state index contributed by atoms with van der Waals surface area (Å²) in [5.74, 6) is 0.0711. The first-order valence-corrected chi connectivity index (χ1v) is 10.7. The topological polar surface area (TPSA) is 76.3 Å². The van der Waals surface area contributed by atoms with Crippen LogP contribution >= 0.6 is 0 Å². The molecule has 1 atom stereocenters. The number of likely N-dealkylation sites (tertiary alicyclic amines) is 1. The number of benzene rings is 1. The Labute approximate surface area is 187 Å². The summed E-state index contributed by atoms with van der Waals surface area (Å²) >= 11 is 0. The number of pyridine rings is 1. The van der Waals surface area contributed by atoms with Gasteiger partial charge in [-0.05, 0) is 57.0 Å². The van der Waals surface area contributed by atoms with Crippen LogP contribution in [0.4, 0.5) is 13.2 Å². The Morgan fingerprint density at radius 2 is 1.79 bits per heavy atom. The van der Waals surface area contributed by atoms with Gasteiger partial charge in [-0.1, -0.05) is 0 Å². The SMILES string of the molecule is Cc1nc2ccc(C(=O)N3CCCC(c4nnc5ccc(C(F)(F)F)cn45)C3)cc2nc1C. The summed E-state index contributed by atoms with van der Waals surface area (Å²) < 4.78 is 41.0. The van der Waals surface area contributed by atoms with E-state index in [9.17, 15) is 18.0 Å². The molecule has 7 nitrogen and oxygen atoms in total. The number of fused-ring (bicyclic) bond motifs is 2. The zero-order valence-electron chi connectivity index (χ0n) is 18.1. The molecule has 0 aliphatic carbocycles. The van der Waals surface area contributed by atoms with Crippen molar-refractivity contribution in [1.29, 1.82) is 0 Å². The number of carbonyl (C=O) groups is 1. The van der Waals surface area contributed by atoms with Crippen molar-refractivity contribution in [2.45, 2.75) is 38.8 Å². The highest BCUT2D eigenvalue weighted by Crippen LogP contribution is 2.32. The number of rotatable bonds is 2. The zero-order chi connectivity index (χ0) is 23.3. The van der Waals surface area contributed by atoms with Gasteiger partial charge in [0, 0.05) is 30.8 Å². The molecule has 170 valence electrons. The van der Waals surface area contributed by atoms with Crippen LogP contribution in [-0.2, 0) is 6.18 Å². The molecule has 33 heavy (non-hydrogen) atoms. The van der Waals surface area contributed by atoms with E-state index < -0.39 is 11.7 Å². The first-order chi connectivity index (χ1) is 15.7. The molecule has 1 aliphatic rings. The molecule has 1 fully saturated rings. The van der Waals surface area contributed by atoms with Gasteiger partial charge in [-0.25, -0.2) is 9.97 Å². The molecule has 3 aromatic heterocycles. The van der Waals surface area contributed by atoms with Crippen molar-refractivity contribution in [3.63, 3.8) is 0 Å². The Kier molecular flexibility index (Phi) is 5.02. The first kappa shape index (κ1) is 21.3. The summed E-state index contributed by atoms with van der Waals surface area (Å²) in [7, 11) is 0. The van der Waals surface area contributed by atoms with Crippen LogP contribution in [0.5, 0.6) is 0 Å². The van der Waals surface area contributed by atoms with Crippen LogP contribution < -0.4 is 0 Å². The van der Waals surface area contributed by atoms with Gasteiger partial charge in [-0.15, -0.1) is 10.2 Å². The van der Waals surface area contributed by atoms with Gasteiger partial charge in [0.1, 0.15) is 5.82 Å². The van der Waals surface area contributed by atoms with Crippen LogP contribution in [0.25, 0.3) is 16.7 Å². The van der Waals surface area contributed by atoms with Crippen molar-refractivity contribution >= 4 is 22.6 Å². The Balaban J connectivity index is 1.43. The standard InChI is InChI=1S/C23H21F3N6O/c1-13-14(2)28-19-10-15(5-7-18(19)27-13)22(33)31-9-3-4-16(11-31)21-30-29-20-8-6-17(12-32(20)21)23(24,25)26/h5-8,10,12,16H,3-4,9,11H2,1-2H3. The summed E-state index contributed by atoms with van der Waals surface area (Å²) in [5, 5.41) is 8.18. The summed E-state index contributed by atoms with van der Waals surface area (Å²) in [4.78, 5) is 24.0. The molecule has 5 rings (SSSR count). The Hall–Kier alpha value is -3.56. The van der Waals surface area contributed by atoms with E-state index in [4.69, 9.17) is 0 Å². The minimum Gasteiger partial charge on any atom is -0.338 e. The van der Waals surface area contributed by atoms with Crippen molar-refractivity contribution < 1.29 is 18.0 Å². The molecule has 0 N–H and O–H groups in total. The largest absolute Gasteiger partial charge is 0.417 e. The second-order valence-electron chi connectivity index (χ2n) is 8.39. The van der Waals surface area contributed by atoms with Crippen molar-refractivity contribution in [3.05, 3.63) is 64.9 Å².